The Morgan fingerprint density at radius 1 is 1.18 bits per heavy atom. The molecule has 3 rings (SSSR count). The Hall–Kier alpha value is -2.32. The summed E-state index contributed by atoms with van der Waals surface area (Å²) in [5.74, 6) is 0.121. The van der Waals surface area contributed by atoms with Crippen LogP contribution in [0.3, 0.4) is 0 Å². The third-order valence-electron chi connectivity index (χ3n) is 3.50. The number of hydrogen-bond acceptors (Lipinski definition) is 5. The molecular weight excluding hydrogens is 299 g/mol. The zero-order chi connectivity index (χ0) is 16.0. The van der Waals surface area contributed by atoms with E-state index in [0.29, 0.717) is 16.9 Å². The summed E-state index contributed by atoms with van der Waals surface area (Å²) in [4.78, 5) is 3.92. The number of pyridine rings is 1. The Bertz CT molecular complexity index is 690. The highest BCUT2D eigenvalue weighted by atomic mass is 19.4. The van der Waals surface area contributed by atoms with Gasteiger partial charge in [0.2, 0.25) is 0 Å². The molecule has 8 heteroatoms. The van der Waals surface area contributed by atoms with E-state index in [-0.39, 0.29) is 5.75 Å². The summed E-state index contributed by atoms with van der Waals surface area (Å²) in [5, 5.41) is 0. The van der Waals surface area contributed by atoms with Crippen LogP contribution in [0.25, 0.3) is 0 Å². The molecule has 5 nitrogen and oxygen atoms in total. The molecule has 0 spiro atoms. The van der Waals surface area contributed by atoms with Crippen molar-refractivity contribution >= 4 is 0 Å². The molecule has 2 aromatic rings. The molecule has 0 amide bonds. The lowest BCUT2D eigenvalue weighted by atomic mass is 9.84. The van der Waals surface area contributed by atoms with Crippen molar-refractivity contribution in [1.29, 1.82) is 0 Å². The number of rotatable bonds is 2. The van der Waals surface area contributed by atoms with E-state index in [2.05, 4.69) is 9.72 Å². The van der Waals surface area contributed by atoms with Crippen LogP contribution < -0.4 is 20.9 Å². The van der Waals surface area contributed by atoms with E-state index in [9.17, 15) is 13.2 Å². The summed E-state index contributed by atoms with van der Waals surface area (Å²) in [6.07, 6.45) is -2.58. The largest absolute Gasteiger partial charge is 0.573 e. The number of benzene rings is 1. The van der Waals surface area contributed by atoms with E-state index in [0.717, 1.165) is 0 Å². The molecule has 0 saturated heterocycles. The van der Waals surface area contributed by atoms with Crippen molar-refractivity contribution < 1.29 is 22.6 Å². The molecule has 1 aromatic carbocycles. The minimum Gasteiger partial charge on any atom is -0.471 e. The number of nitrogens with two attached hydrogens (primary N) is 2. The van der Waals surface area contributed by atoms with Gasteiger partial charge >= 0.3 is 6.36 Å². The highest BCUT2D eigenvalue weighted by Gasteiger charge is 2.46. The number of alkyl halides is 3. The first kappa shape index (κ1) is 14.6. The summed E-state index contributed by atoms with van der Waals surface area (Å²) < 4.78 is 45.9. The van der Waals surface area contributed by atoms with Crippen LogP contribution in [-0.2, 0) is 5.54 Å². The van der Waals surface area contributed by atoms with Crippen LogP contribution >= 0.6 is 0 Å². The van der Waals surface area contributed by atoms with Crippen molar-refractivity contribution in [2.24, 2.45) is 11.5 Å². The Morgan fingerprint density at radius 2 is 1.86 bits per heavy atom. The molecule has 0 aliphatic carbocycles. The van der Waals surface area contributed by atoms with Crippen LogP contribution in [0, 0.1) is 0 Å². The van der Waals surface area contributed by atoms with Crippen LogP contribution in [0.4, 0.5) is 13.2 Å². The molecule has 2 unspecified atom stereocenters. The summed E-state index contributed by atoms with van der Waals surface area (Å²) >= 11 is 0. The first-order chi connectivity index (χ1) is 10.3. The van der Waals surface area contributed by atoms with E-state index < -0.39 is 18.1 Å². The maximum atomic E-state index is 12.2. The summed E-state index contributed by atoms with van der Waals surface area (Å²) in [6.45, 7) is 0. The molecule has 22 heavy (non-hydrogen) atoms. The van der Waals surface area contributed by atoms with Crippen molar-refractivity contribution in [2.45, 2.75) is 18.1 Å². The van der Waals surface area contributed by atoms with Crippen molar-refractivity contribution in [3.8, 4) is 11.5 Å². The van der Waals surface area contributed by atoms with Gasteiger partial charge in [0, 0.05) is 11.8 Å². The van der Waals surface area contributed by atoms with E-state index in [1.165, 1.54) is 30.5 Å². The van der Waals surface area contributed by atoms with Crippen LogP contribution in [0.1, 0.15) is 11.1 Å². The van der Waals surface area contributed by atoms with Gasteiger partial charge in [-0.3, -0.25) is 10.7 Å². The maximum absolute atomic E-state index is 12.2. The van der Waals surface area contributed by atoms with Crippen molar-refractivity contribution in [1.82, 2.24) is 4.98 Å². The summed E-state index contributed by atoms with van der Waals surface area (Å²) in [7, 11) is 0. The highest BCUT2D eigenvalue weighted by Crippen LogP contribution is 2.42. The quantitative estimate of drug-likeness (QED) is 0.884. The van der Waals surface area contributed by atoms with Crippen molar-refractivity contribution in [2.75, 3.05) is 0 Å². The highest BCUT2D eigenvalue weighted by molar-refractivity contribution is 5.50. The van der Waals surface area contributed by atoms with Crippen molar-refractivity contribution in [3.63, 3.8) is 0 Å². The fraction of sp³-hybridized carbons (Fsp3) is 0.214. The van der Waals surface area contributed by atoms with E-state index in [1.807, 2.05) is 0 Å². The second-order valence-electron chi connectivity index (χ2n) is 4.85. The van der Waals surface area contributed by atoms with Gasteiger partial charge in [0.15, 0.2) is 6.23 Å². The van der Waals surface area contributed by atoms with Gasteiger partial charge < -0.3 is 15.2 Å². The smallest absolute Gasteiger partial charge is 0.471 e. The predicted octanol–water partition coefficient (Wildman–Crippen LogP) is 1.86. The average Bonchev–Trinajstić information content (AvgIpc) is 2.71. The van der Waals surface area contributed by atoms with Gasteiger partial charge in [-0.1, -0.05) is 12.1 Å². The topological polar surface area (TPSA) is 83.4 Å². The monoisotopic (exact) mass is 311 g/mol. The second kappa shape index (κ2) is 4.85. The lowest BCUT2D eigenvalue weighted by Crippen LogP contribution is -2.52. The van der Waals surface area contributed by atoms with Gasteiger partial charge in [0.1, 0.15) is 17.0 Å². The minimum absolute atomic E-state index is 0.331. The van der Waals surface area contributed by atoms with E-state index in [4.69, 9.17) is 16.2 Å². The molecule has 4 N–H and O–H groups in total. The molecular formula is C14H12F3N3O2. The standard InChI is InChI=1S/C14H12F3N3O2/c15-14(16,17)22-9-3-1-8(2-4-9)13(19)10-5-6-20-7-11(10)21-12(13)18/h1-7,12H,18-19H2. The number of fused-ring (bicyclic) bond motifs is 1. The summed E-state index contributed by atoms with van der Waals surface area (Å²) in [5.41, 5.74) is 12.3. The number of ether oxygens (including phenoxy) is 2. The third-order valence-corrected chi connectivity index (χ3v) is 3.50. The fourth-order valence-corrected chi connectivity index (χ4v) is 2.45. The van der Waals surface area contributed by atoms with Gasteiger partial charge in [-0.2, -0.15) is 0 Å². The Labute approximate surface area is 123 Å². The molecule has 1 aromatic heterocycles. The molecule has 0 fully saturated rings. The number of nitrogens with zero attached hydrogens (tertiary/aromatic N) is 1. The summed E-state index contributed by atoms with van der Waals surface area (Å²) in [6, 6.07) is 6.90. The SMILES string of the molecule is NC1Oc2cnccc2C1(N)c1ccc(OC(F)(F)F)cc1. The predicted molar refractivity (Wildman–Crippen MR) is 70.9 cm³/mol. The van der Waals surface area contributed by atoms with Crippen LogP contribution in [0.15, 0.2) is 42.7 Å². The van der Waals surface area contributed by atoms with Gasteiger partial charge in [0.25, 0.3) is 0 Å². The first-order valence-electron chi connectivity index (χ1n) is 6.32. The first-order valence-corrected chi connectivity index (χ1v) is 6.32. The number of hydrogen-bond donors (Lipinski definition) is 2. The Kier molecular flexibility index (Phi) is 3.22. The van der Waals surface area contributed by atoms with E-state index in [1.54, 1.807) is 12.3 Å². The molecule has 0 bridgehead atoms. The minimum atomic E-state index is -4.74. The normalized spacial score (nSPS) is 23.8. The molecule has 1 aliphatic rings. The zero-order valence-corrected chi connectivity index (χ0v) is 11.2. The van der Waals surface area contributed by atoms with Crippen LogP contribution in [-0.4, -0.2) is 17.6 Å². The number of halogens is 3. The lowest BCUT2D eigenvalue weighted by Gasteiger charge is -2.28. The van der Waals surface area contributed by atoms with Gasteiger partial charge in [0.05, 0.1) is 6.20 Å². The van der Waals surface area contributed by atoms with Gasteiger partial charge in [-0.15, -0.1) is 13.2 Å². The number of aromatic nitrogens is 1. The average molecular weight is 311 g/mol. The van der Waals surface area contributed by atoms with Crippen LogP contribution in [0.2, 0.25) is 0 Å². The molecule has 116 valence electrons. The molecule has 2 heterocycles. The second-order valence-corrected chi connectivity index (χ2v) is 4.85. The third kappa shape index (κ3) is 2.36. The van der Waals surface area contributed by atoms with E-state index >= 15 is 0 Å². The molecule has 2 atom stereocenters. The Balaban J connectivity index is 1.97. The van der Waals surface area contributed by atoms with Crippen molar-refractivity contribution in [3.05, 3.63) is 53.9 Å². The molecule has 0 radical (unpaired) electrons. The maximum Gasteiger partial charge on any atom is 0.573 e. The van der Waals surface area contributed by atoms with Gasteiger partial charge in [-0.05, 0) is 23.8 Å². The fourth-order valence-electron chi connectivity index (χ4n) is 2.45. The Morgan fingerprint density at radius 3 is 2.50 bits per heavy atom. The zero-order valence-electron chi connectivity index (χ0n) is 11.2. The molecule has 0 saturated carbocycles. The molecule has 1 aliphatic heterocycles. The van der Waals surface area contributed by atoms with Crippen LogP contribution in [0.5, 0.6) is 11.5 Å². The lowest BCUT2D eigenvalue weighted by molar-refractivity contribution is -0.274. The van der Waals surface area contributed by atoms with Gasteiger partial charge in [-0.25, -0.2) is 0 Å².